The van der Waals surface area contributed by atoms with Gasteiger partial charge in [0.05, 0.1) is 15.8 Å². The van der Waals surface area contributed by atoms with Gasteiger partial charge in [0.25, 0.3) is 0 Å². The predicted octanol–water partition coefficient (Wildman–Crippen LogP) is 2.36. The molecule has 6 heteroatoms. The van der Waals surface area contributed by atoms with E-state index in [4.69, 9.17) is 28.9 Å². The van der Waals surface area contributed by atoms with Crippen molar-refractivity contribution in [2.24, 2.45) is 11.7 Å². The largest absolute Gasteiger partial charge is 0.330 e. The summed E-state index contributed by atoms with van der Waals surface area (Å²) in [6.45, 7) is 2.07. The van der Waals surface area contributed by atoms with Gasteiger partial charge in [-0.1, -0.05) is 36.2 Å². The molecule has 16 heavy (non-hydrogen) atoms. The SMILES string of the molecule is CC(CN)CS(=O)(=O)c1c(Cl)cccc1Cl. The van der Waals surface area contributed by atoms with E-state index >= 15 is 0 Å². The van der Waals surface area contributed by atoms with Crippen molar-refractivity contribution >= 4 is 33.0 Å². The second-order valence-corrected chi connectivity index (χ2v) is 6.46. The molecule has 0 aliphatic rings. The molecule has 90 valence electrons. The van der Waals surface area contributed by atoms with Crippen LogP contribution in [0, 0.1) is 5.92 Å². The maximum atomic E-state index is 12.0. The number of hydrogen-bond acceptors (Lipinski definition) is 3. The summed E-state index contributed by atoms with van der Waals surface area (Å²) in [6.07, 6.45) is 0. The lowest BCUT2D eigenvalue weighted by atomic mass is 10.2. The first-order chi connectivity index (χ1) is 7.38. The van der Waals surface area contributed by atoms with Gasteiger partial charge in [0, 0.05) is 0 Å². The smallest absolute Gasteiger partial charge is 0.181 e. The normalized spacial score (nSPS) is 13.8. The lowest BCUT2D eigenvalue weighted by molar-refractivity contribution is 0.574. The number of rotatable bonds is 4. The monoisotopic (exact) mass is 281 g/mol. The van der Waals surface area contributed by atoms with E-state index in [1.807, 2.05) is 0 Å². The van der Waals surface area contributed by atoms with E-state index in [0.717, 1.165) is 0 Å². The fourth-order valence-corrected chi connectivity index (χ4v) is 4.19. The van der Waals surface area contributed by atoms with Crippen molar-refractivity contribution in [2.75, 3.05) is 12.3 Å². The summed E-state index contributed by atoms with van der Waals surface area (Å²) in [6, 6.07) is 4.62. The standard InChI is InChI=1S/C10H13Cl2NO2S/c1-7(5-13)6-16(14,15)10-8(11)3-2-4-9(10)12/h2-4,7H,5-6,13H2,1H3. The van der Waals surface area contributed by atoms with Crippen LogP contribution in [0.3, 0.4) is 0 Å². The number of nitrogens with two attached hydrogens (primary N) is 1. The Bertz CT molecular complexity index is 453. The summed E-state index contributed by atoms with van der Waals surface area (Å²) in [5, 5.41) is 0.299. The molecular formula is C10H13Cl2NO2S. The Kier molecular flexibility index (Phi) is 4.62. The Morgan fingerprint density at radius 3 is 2.25 bits per heavy atom. The molecule has 1 aromatic rings. The van der Waals surface area contributed by atoms with Crippen molar-refractivity contribution in [1.82, 2.24) is 0 Å². The van der Waals surface area contributed by atoms with Crippen molar-refractivity contribution in [3.63, 3.8) is 0 Å². The molecular weight excluding hydrogens is 269 g/mol. The fourth-order valence-electron chi connectivity index (χ4n) is 1.31. The van der Waals surface area contributed by atoms with Gasteiger partial charge in [-0.15, -0.1) is 0 Å². The van der Waals surface area contributed by atoms with Crippen LogP contribution in [0.25, 0.3) is 0 Å². The summed E-state index contributed by atoms with van der Waals surface area (Å²) in [7, 11) is -3.48. The van der Waals surface area contributed by atoms with E-state index in [1.165, 1.54) is 12.1 Å². The molecule has 0 aromatic heterocycles. The topological polar surface area (TPSA) is 60.2 Å². The molecule has 1 rings (SSSR count). The van der Waals surface area contributed by atoms with E-state index in [0.29, 0.717) is 6.54 Å². The zero-order valence-corrected chi connectivity index (χ0v) is 11.1. The Hall–Kier alpha value is -0.290. The third kappa shape index (κ3) is 3.10. The van der Waals surface area contributed by atoms with E-state index < -0.39 is 9.84 Å². The second-order valence-electron chi connectivity index (χ2n) is 3.67. The van der Waals surface area contributed by atoms with Crippen molar-refractivity contribution in [1.29, 1.82) is 0 Å². The number of hydrogen-bond donors (Lipinski definition) is 1. The number of benzene rings is 1. The summed E-state index contributed by atoms with van der Waals surface area (Å²) < 4.78 is 24.0. The van der Waals surface area contributed by atoms with Gasteiger partial charge in [0.1, 0.15) is 4.90 Å². The van der Waals surface area contributed by atoms with E-state index in [1.54, 1.807) is 13.0 Å². The molecule has 0 bridgehead atoms. The van der Waals surface area contributed by atoms with Crippen molar-refractivity contribution < 1.29 is 8.42 Å². The van der Waals surface area contributed by atoms with E-state index in [-0.39, 0.29) is 26.6 Å². The highest BCUT2D eigenvalue weighted by Crippen LogP contribution is 2.30. The third-order valence-corrected chi connectivity index (χ3v) is 5.06. The molecule has 1 unspecified atom stereocenters. The van der Waals surface area contributed by atoms with Gasteiger partial charge in [0.2, 0.25) is 0 Å². The summed E-state index contributed by atoms with van der Waals surface area (Å²) in [5.74, 6) is -0.176. The van der Waals surface area contributed by atoms with Gasteiger partial charge in [-0.05, 0) is 24.6 Å². The van der Waals surface area contributed by atoms with Gasteiger partial charge in [0.15, 0.2) is 9.84 Å². The van der Waals surface area contributed by atoms with Crippen LogP contribution in [-0.4, -0.2) is 20.7 Å². The molecule has 0 aliphatic heterocycles. The van der Waals surface area contributed by atoms with Gasteiger partial charge >= 0.3 is 0 Å². The van der Waals surface area contributed by atoms with Crippen LogP contribution in [-0.2, 0) is 9.84 Å². The van der Waals surface area contributed by atoms with Crippen molar-refractivity contribution in [2.45, 2.75) is 11.8 Å². The Morgan fingerprint density at radius 2 is 1.81 bits per heavy atom. The Labute approximate surface area is 105 Å². The first kappa shape index (κ1) is 13.8. The second kappa shape index (κ2) is 5.36. The first-order valence-electron chi connectivity index (χ1n) is 4.75. The van der Waals surface area contributed by atoms with Gasteiger partial charge in [-0.25, -0.2) is 8.42 Å². The lowest BCUT2D eigenvalue weighted by Crippen LogP contribution is -2.21. The molecule has 1 aromatic carbocycles. The highest BCUT2D eigenvalue weighted by Gasteiger charge is 2.23. The Morgan fingerprint density at radius 1 is 1.31 bits per heavy atom. The van der Waals surface area contributed by atoms with Crippen molar-refractivity contribution in [3.05, 3.63) is 28.2 Å². The minimum Gasteiger partial charge on any atom is -0.330 e. The minimum atomic E-state index is -3.48. The predicted molar refractivity (Wildman–Crippen MR) is 66.7 cm³/mol. The van der Waals surface area contributed by atoms with Crippen molar-refractivity contribution in [3.8, 4) is 0 Å². The molecule has 1 atom stereocenters. The highest BCUT2D eigenvalue weighted by atomic mass is 35.5. The molecule has 3 nitrogen and oxygen atoms in total. The maximum absolute atomic E-state index is 12.0. The zero-order chi connectivity index (χ0) is 12.3. The molecule has 0 heterocycles. The fraction of sp³-hybridized carbons (Fsp3) is 0.400. The van der Waals surface area contributed by atoms with Crippen LogP contribution >= 0.6 is 23.2 Å². The third-order valence-electron chi connectivity index (χ3n) is 2.14. The van der Waals surface area contributed by atoms with Gasteiger partial charge in [-0.3, -0.25) is 0 Å². The molecule has 0 fully saturated rings. The molecule has 0 aliphatic carbocycles. The maximum Gasteiger partial charge on any atom is 0.181 e. The molecule has 2 N–H and O–H groups in total. The van der Waals surface area contributed by atoms with Crippen LogP contribution in [0.4, 0.5) is 0 Å². The molecule has 0 saturated heterocycles. The summed E-state index contributed by atoms with van der Waals surface area (Å²) in [4.78, 5) is -0.00127. The molecule has 0 radical (unpaired) electrons. The van der Waals surface area contributed by atoms with Crippen LogP contribution in [0.15, 0.2) is 23.1 Å². The van der Waals surface area contributed by atoms with Gasteiger partial charge in [-0.2, -0.15) is 0 Å². The van der Waals surface area contributed by atoms with E-state index in [9.17, 15) is 8.42 Å². The Balaban J connectivity index is 3.17. The average molecular weight is 282 g/mol. The summed E-state index contributed by atoms with van der Waals surface area (Å²) >= 11 is 11.7. The average Bonchev–Trinajstić information content (AvgIpc) is 2.16. The number of sulfone groups is 1. The van der Waals surface area contributed by atoms with Crippen LogP contribution < -0.4 is 5.73 Å². The van der Waals surface area contributed by atoms with Crippen LogP contribution in [0.5, 0.6) is 0 Å². The highest BCUT2D eigenvalue weighted by molar-refractivity contribution is 7.91. The van der Waals surface area contributed by atoms with Crippen LogP contribution in [0.1, 0.15) is 6.92 Å². The summed E-state index contributed by atoms with van der Waals surface area (Å²) in [5.41, 5.74) is 5.40. The quantitative estimate of drug-likeness (QED) is 0.922. The molecule has 0 saturated carbocycles. The lowest BCUT2D eigenvalue weighted by Gasteiger charge is -2.11. The zero-order valence-electron chi connectivity index (χ0n) is 8.78. The minimum absolute atomic E-state index is 0.00127. The van der Waals surface area contributed by atoms with E-state index in [2.05, 4.69) is 0 Å². The van der Waals surface area contributed by atoms with Crippen LogP contribution in [0.2, 0.25) is 10.0 Å². The number of halogens is 2. The first-order valence-corrected chi connectivity index (χ1v) is 7.16. The molecule has 0 spiro atoms. The molecule has 0 amide bonds. The van der Waals surface area contributed by atoms with Gasteiger partial charge < -0.3 is 5.73 Å².